The van der Waals surface area contributed by atoms with E-state index in [1.54, 1.807) is 0 Å². The Bertz CT molecular complexity index is 494. The molecule has 1 amide bonds. The molecule has 0 saturated heterocycles. The fraction of sp³-hybridized carbons (Fsp3) is 0.643. The number of thioether (sulfide) groups is 1. The number of carbonyl (C=O) groups is 1. The van der Waals surface area contributed by atoms with Gasteiger partial charge in [0, 0.05) is 17.2 Å². The summed E-state index contributed by atoms with van der Waals surface area (Å²) in [5, 5.41) is 2.97. The van der Waals surface area contributed by atoms with E-state index < -0.39 is 0 Å². The Kier molecular flexibility index (Phi) is 4.52. The van der Waals surface area contributed by atoms with Gasteiger partial charge in [0.2, 0.25) is 0 Å². The molecule has 1 aromatic heterocycles. The molecule has 0 atom stereocenters. The van der Waals surface area contributed by atoms with Crippen LogP contribution in [0.15, 0.2) is 6.20 Å². The van der Waals surface area contributed by atoms with E-state index in [-0.39, 0.29) is 16.6 Å². The summed E-state index contributed by atoms with van der Waals surface area (Å²) in [6.07, 6.45) is 7.17. The number of amides is 1. The Morgan fingerprint density at radius 3 is 2.75 bits per heavy atom. The van der Waals surface area contributed by atoms with E-state index in [2.05, 4.69) is 21.5 Å². The summed E-state index contributed by atoms with van der Waals surface area (Å²) in [7, 11) is 0. The first-order chi connectivity index (χ1) is 9.47. The van der Waals surface area contributed by atoms with E-state index in [0.717, 1.165) is 12.8 Å². The van der Waals surface area contributed by atoms with Gasteiger partial charge in [0.15, 0.2) is 5.69 Å². The molecule has 2 rings (SSSR count). The maximum atomic E-state index is 12.3. The van der Waals surface area contributed by atoms with Crippen LogP contribution in [0.4, 0.5) is 5.69 Å². The van der Waals surface area contributed by atoms with Crippen molar-refractivity contribution in [1.82, 2.24) is 15.3 Å². The molecule has 3 N–H and O–H groups in total. The highest BCUT2D eigenvalue weighted by Gasteiger charge is 2.36. The number of anilines is 1. The van der Waals surface area contributed by atoms with Crippen molar-refractivity contribution in [2.24, 2.45) is 0 Å². The summed E-state index contributed by atoms with van der Waals surface area (Å²) in [5.74, 6) is 0.617. The highest BCUT2D eigenvalue weighted by atomic mass is 32.2. The Hall–Kier alpha value is -1.30. The van der Waals surface area contributed by atoms with E-state index in [1.807, 2.05) is 25.6 Å². The topological polar surface area (TPSA) is 80.9 Å². The molecule has 0 aromatic carbocycles. The fourth-order valence-electron chi connectivity index (χ4n) is 2.21. The molecular formula is C14H22N4OS. The average molecular weight is 294 g/mol. The second-order valence-electron chi connectivity index (χ2n) is 5.61. The van der Waals surface area contributed by atoms with Gasteiger partial charge >= 0.3 is 0 Å². The number of rotatable bonds is 5. The van der Waals surface area contributed by atoms with Crippen molar-refractivity contribution in [3.8, 4) is 0 Å². The largest absolute Gasteiger partial charge is 0.396 e. The van der Waals surface area contributed by atoms with Crippen molar-refractivity contribution in [3.05, 3.63) is 17.7 Å². The van der Waals surface area contributed by atoms with Gasteiger partial charge in [-0.2, -0.15) is 11.8 Å². The van der Waals surface area contributed by atoms with Crippen molar-refractivity contribution in [3.63, 3.8) is 0 Å². The fourth-order valence-corrected chi connectivity index (χ4v) is 3.13. The van der Waals surface area contributed by atoms with Gasteiger partial charge in [-0.3, -0.25) is 4.79 Å². The summed E-state index contributed by atoms with van der Waals surface area (Å²) in [6.45, 7) is 4.65. The number of hydrogen-bond acceptors (Lipinski definition) is 5. The number of nitrogens with one attached hydrogen (secondary N) is 1. The Morgan fingerprint density at radius 2 is 2.25 bits per heavy atom. The van der Waals surface area contributed by atoms with Gasteiger partial charge in [0.25, 0.3) is 5.91 Å². The Labute approximate surface area is 124 Å². The lowest BCUT2D eigenvalue weighted by molar-refractivity contribution is 0.0939. The van der Waals surface area contributed by atoms with E-state index in [1.165, 1.54) is 12.6 Å². The van der Waals surface area contributed by atoms with Crippen LogP contribution >= 0.6 is 11.8 Å². The summed E-state index contributed by atoms with van der Waals surface area (Å²) >= 11 is 1.83. The Morgan fingerprint density at radius 1 is 1.55 bits per heavy atom. The van der Waals surface area contributed by atoms with Crippen LogP contribution in [0.1, 0.15) is 55.3 Å². The molecule has 0 aliphatic heterocycles. The standard InChI is InChI=1S/C14H22N4OS/c1-9(2)12-16-7-10(15)11(18-12)13(19)17-8-14(20-3)5-4-6-14/h7,9H,4-6,8,15H2,1-3H3,(H,17,19). The van der Waals surface area contributed by atoms with Crippen LogP contribution in [0, 0.1) is 0 Å². The number of nitrogens with zero attached hydrogens (tertiary/aromatic N) is 2. The molecule has 0 spiro atoms. The van der Waals surface area contributed by atoms with E-state index in [4.69, 9.17) is 5.73 Å². The molecule has 0 radical (unpaired) electrons. The van der Waals surface area contributed by atoms with E-state index in [0.29, 0.717) is 23.8 Å². The number of aromatic nitrogens is 2. The normalized spacial score (nSPS) is 16.8. The molecule has 1 fully saturated rings. The van der Waals surface area contributed by atoms with Crippen molar-refractivity contribution < 1.29 is 4.79 Å². The third kappa shape index (κ3) is 3.06. The predicted molar refractivity (Wildman–Crippen MR) is 83.0 cm³/mol. The van der Waals surface area contributed by atoms with Gasteiger partial charge in [-0.25, -0.2) is 9.97 Å². The molecule has 1 aliphatic carbocycles. The minimum atomic E-state index is -0.202. The molecule has 1 heterocycles. The third-order valence-electron chi connectivity index (χ3n) is 3.84. The summed E-state index contributed by atoms with van der Waals surface area (Å²) in [6, 6.07) is 0. The minimum Gasteiger partial charge on any atom is -0.396 e. The van der Waals surface area contributed by atoms with Gasteiger partial charge in [-0.05, 0) is 19.1 Å². The lowest BCUT2D eigenvalue weighted by atomic mass is 9.84. The van der Waals surface area contributed by atoms with Crippen molar-refractivity contribution >= 4 is 23.4 Å². The van der Waals surface area contributed by atoms with Crippen molar-refractivity contribution in [2.75, 3.05) is 18.5 Å². The van der Waals surface area contributed by atoms with E-state index in [9.17, 15) is 4.79 Å². The Balaban J connectivity index is 2.07. The van der Waals surface area contributed by atoms with Gasteiger partial charge in [-0.15, -0.1) is 0 Å². The number of hydrogen-bond donors (Lipinski definition) is 2. The molecule has 6 heteroatoms. The molecule has 1 aliphatic rings. The molecule has 5 nitrogen and oxygen atoms in total. The molecule has 110 valence electrons. The molecule has 0 bridgehead atoms. The molecular weight excluding hydrogens is 272 g/mol. The smallest absolute Gasteiger partial charge is 0.272 e. The maximum absolute atomic E-state index is 12.3. The van der Waals surface area contributed by atoms with Crippen LogP contribution in [0.2, 0.25) is 0 Å². The lowest BCUT2D eigenvalue weighted by Gasteiger charge is -2.40. The maximum Gasteiger partial charge on any atom is 0.272 e. The van der Waals surface area contributed by atoms with Gasteiger partial charge in [0.1, 0.15) is 5.82 Å². The van der Waals surface area contributed by atoms with Gasteiger partial charge < -0.3 is 11.1 Å². The van der Waals surface area contributed by atoms with Crippen LogP contribution in [-0.2, 0) is 0 Å². The van der Waals surface area contributed by atoms with Crippen LogP contribution in [0.5, 0.6) is 0 Å². The average Bonchev–Trinajstić information content (AvgIpc) is 2.38. The quantitative estimate of drug-likeness (QED) is 0.870. The van der Waals surface area contributed by atoms with Crippen LogP contribution < -0.4 is 11.1 Å². The summed E-state index contributed by atoms with van der Waals surface area (Å²) in [5.41, 5.74) is 6.44. The van der Waals surface area contributed by atoms with Gasteiger partial charge in [-0.1, -0.05) is 20.3 Å². The zero-order valence-corrected chi connectivity index (χ0v) is 13.1. The first kappa shape index (κ1) is 15.1. The molecule has 1 saturated carbocycles. The van der Waals surface area contributed by atoms with Crippen molar-refractivity contribution in [1.29, 1.82) is 0 Å². The molecule has 20 heavy (non-hydrogen) atoms. The SMILES string of the molecule is CSC1(CNC(=O)c2nc(C(C)C)ncc2N)CCC1. The summed E-state index contributed by atoms with van der Waals surface area (Å²) < 4.78 is 0.207. The van der Waals surface area contributed by atoms with Crippen LogP contribution in [-0.4, -0.2) is 33.4 Å². The molecule has 1 aromatic rings. The first-order valence-electron chi connectivity index (χ1n) is 6.93. The highest BCUT2D eigenvalue weighted by Crippen LogP contribution is 2.42. The minimum absolute atomic E-state index is 0.173. The third-order valence-corrected chi connectivity index (χ3v) is 5.25. The van der Waals surface area contributed by atoms with Gasteiger partial charge in [0.05, 0.1) is 11.9 Å². The monoisotopic (exact) mass is 294 g/mol. The molecule has 0 unspecified atom stereocenters. The van der Waals surface area contributed by atoms with Crippen LogP contribution in [0.3, 0.4) is 0 Å². The second-order valence-corrected chi connectivity index (χ2v) is 6.88. The zero-order chi connectivity index (χ0) is 14.8. The summed E-state index contributed by atoms with van der Waals surface area (Å²) in [4.78, 5) is 20.7. The highest BCUT2D eigenvalue weighted by molar-refractivity contribution is 8.00. The number of carbonyl (C=O) groups excluding carboxylic acids is 1. The zero-order valence-electron chi connectivity index (χ0n) is 12.3. The lowest BCUT2D eigenvalue weighted by Crippen LogP contribution is -2.45. The van der Waals surface area contributed by atoms with Crippen molar-refractivity contribution in [2.45, 2.75) is 43.8 Å². The first-order valence-corrected chi connectivity index (χ1v) is 8.16. The van der Waals surface area contributed by atoms with E-state index >= 15 is 0 Å². The number of nitrogens with two attached hydrogens (primary N) is 1. The van der Waals surface area contributed by atoms with Crippen LogP contribution in [0.25, 0.3) is 0 Å². The predicted octanol–water partition coefficient (Wildman–Crippen LogP) is 2.20. The second kappa shape index (κ2) is 5.99. The number of nitrogen functional groups attached to an aromatic ring is 1.